The number of hydrogen-bond donors (Lipinski definition) is 2. The van der Waals surface area contributed by atoms with Gasteiger partial charge < -0.3 is 15.5 Å². The molecule has 2 aromatic carbocycles. The van der Waals surface area contributed by atoms with Gasteiger partial charge in [0.05, 0.1) is 12.2 Å². The van der Waals surface area contributed by atoms with E-state index in [1.54, 1.807) is 4.68 Å². The molecular weight excluding hydrogens is 330 g/mol. The van der Waals surface area contributed by atoms with Crippen LogP contribution in [0.25, 0.3) is 5.69 Å². The van der Waals surface area contributed by atoms with Crippen molar-refractivity contribution in [2.75, 3.05) is 29.9 Å². The highest BCUT2D eigenvalue weighted by Gasteiger charge is 2.16. The maximum absolute atomic E-state index is 11.5. The van der Waals surface area contributed by atoms with Crippen LogP contribution in [0.2, 0.25) is 0 Å². The van der Waals surface area contributed by atoms with Crippen molar-refractivity contribution in [2.45, 2.75) is 6.54 Å². The summed E-state index contributed by atoms with van der Waals surface area (Å²) in [7, 11) is 0. The minimum absolute atomic E-state index is 0.0646. The lowest BCUT2D eigenvalue weighted by Crippen LogP contribution is -2.47. The van der Waals surface area contributed by atoms with Crippen LogP contribution < -0.4 is 15.5 Å². The topological polar surface area (TPSA) is 88.0 Å². The Morgan fingerprint density at radius 3 is 2.62 bits per heavy atom. The van der Waals surface area contributed by atoms with E-state index in [2.05, 4.69) is 31.1 Å². The maximum Gasteiger partial charge on any atom is 0.248 e. The molecule has 0 bridgehead atoms. The van der Waals surface area contributed by atoms with Crippen LogP contribution in [-0.2, 0) is 11.3 Å². The van der Waals surface area contributed by atoms with Crippen molar-refractivity contribution in [3.63, 3.8) is 0 Å². The number of carbonyl (C=O) groups is 1. The number of piperazine rings is 1. The Labute approximate surface area is 150 Å². The SMILES string of the molecule is O=C1CN(c2ccc(CNc3nnnn3-c3ccccc3)cc2)CCN1. The van der Waals surface area contributed by atoms with Gasteiger partial charge in [-0.25, -0.2) is 0 Å². The van der Waals surface area contributed by atoms with Gasteiger partial charge in [-0.05, 0) is 40.3 Å². The second-order valence-electron chi connectivity index (χ2n) is 6.04. The quantitative estimate of drug-likeness (QED) is 0.720. The number of para-hydroxylation sites is 1. The molecule has 0 unspecified atom stereocenters. The second-order valence-corrected chi connectivity index (χ2v) is 6.04. The predicted molar refractivity (Wildman–Crippen MR) is 98.1 cm³/mol. The summed E-state index contributed by atoms with van der Waals surface area (Å²) >= 11 is 0. The third-order valence-corrected chi connectivity index (χ3v) is 4.26. The van der Waals surface area contributed by atoms with Crippen LogP contribution >= 0.6 is 0 Å². The molecule has 3 aromatic rings. The molecule has 0 spiro atoms. The number of nitrogens with zero attached hydrogens (tertiary/aromatic N) is 5. The summed E-state index contributed by atoms with van der Waals surface area (Å²) in [6.45, 7) is 2.52. The van der Waals surface area contributed by atoms with Crippen molar-refractivity contribution in [3.05, 3.63) is 60.2 Å². The molecule has 1 aliphatic heterocycles. The van der Waals surface area contributed by atoms with E-state index in [0.717, 1.165) is 23.5 Å². The van der Waals surface area contributed by atoms with E-state index >= 15 is 0 Å². The molecule has 26 heavy (non-hydrogen) atoms. The molecule has 4 rings (SSSR count). The average Bonchev–Trinajstić information content (AvgIpc) is 3.16. The monoisotopic (exact) mass is 349 g/mol. The van der Waals surface area contributed by atoms with Gasteiger partial charge in [0.1, 0.15) is 0 Å². The number of carbonyl (C=O) groups excluding carboxylic acids is 1. The molecule has 8 heteroatoms. The first-order chi connectivity index (χ1) is 12.8. The van der Waals surface area contributed by atoms with Gasteiger partial charge in [-0.3, -0.25) is 4.79 Å². The van der Waals surface area contributed by atoms with Crippen molar-refractivity contribution in [3.8, 4) is 5.69 Å². The Morgan fingerprint density at radius 2 is 1.85 bits per heavy atom. The van der Waals surface area contributed by atoms with Gasteiger partial charge in [-0.2, -0.15) is 4.68 Å². The summed E-state index contributed by atoms with van der Waals surface area (Å²) in [5.74, 6) is 0.655. The van der Waals surface area contributed by atoms with Crippen LogP contribution in [0.5, 0.6) is 0 Å². The molecule has 1 aliphatic rings. The zero-order chi connectivity index (χ0) is 17.8. The van der Waals surface area contributed by atoms with Gasteiger partial charge >= 0.3 is 0 Å². The molecule has 2 heterocycles. The smallest absolute Gasteiger partial charge is 0.248 e. The van der Waals surface area contributed by atoms with Gasteiger partial charge in [0.2, 0.25) is 11.9 Å². The first-order valence-corrected chi connectivity index (χ1v) is 8.48. The summed E-state index contributed by atoms with van der Waals surface area (Å²) in [6.07, 6.45) is 0. The second kappa shape index (κ2) is 7.22. The van der Waals surface area contributed by atoms with E-state index in [4.69, 9.17) is 0 Å². The van der Waals surface area contributed by atoms with Crippen molar-refractivity contribution in [1.29, 1.82) is 0 Å². The standard InChI is InChI=1S/C18H19N7O/c26-17-13-24(11-10-19-17)15-8-6-14(7-9-15)12-20-18-21-22-23-25(18)16-4-2-1-3-5-16/h1-9H,10-13H2,(H,19,26)(H,20,21,23). The van der Waals surface area contributed by atoms with Crippen molar-refractivity contribution >= 4 is 17.5 Å². The van der Waals surface area contributed by atoms with E-state index in [1.807, 2.05) is 54.6 Å². The minimum Gasteiger partial charge on any atom is -0.360 e. The first-order valence-electron chi connectivity index (χ1n) is 8.48. The molecule has 0 radical (unpaired) electrons. The average molecular weight is 349 g/mol. The highest BCUT2D eigenvalue weighted by molar-refractivity contribution is 5.82. The predicted octanol–water partition coefficient (Wildman–Crippen LogP) is 1.21. The summed E-state index contributed by atoms with van der Waals surface area (Å²) in [5, 5.41) is 17.9. The molecule has 2 N–H and O–H groups in total. The summed E-state index contributed by atoms with van der Waals surface area (Å²) < 4.78 is 1.67. The lowest BCUT2D eigenvalue weighted by Gasteiger charge is -2.28. The molecule has 0 atom stereocenters. The fraction of sp³-hybridized carbons (Fsp3) is 0.222. The van der Waals surface area contributed by atoms with Crippen LogP contribution in [0.15, 0.2) is 54.6 Å². The Bertz CT molecular complexity index is 876. The number of anilines is 2. The Hall–Kier alpha value is -3.42. The fourth-order valence-electron chi connectivity index (χ4n) is 2.91. The molecule has 132 valence electrons. The minimum atomic E-state index is 0.0646. The fourth-order valence-corrected chi connectivity index (χ4v) is 2.91. The number of aromatic nitrogens is 4. The normalized spacial score (nSPS) is 14.2. The van der Waals surface area contributed by atoms with Crippen LogP contribution in [0.3, 0.4) is 0 Å². The molecular formula is C18H19N7O. The van der Waals surface area contributed by atoms with Crippen LogP contribution in [-0.4, -0.2) is 45.7 Å². The molecule has 1 saturated heterocycles. The van der Waals surface area contributed by atoms with Crippen molar-refractivity contribution in [2.24, 2.45) is 0 Å². The summed E-state index contributed by atoms with van der Waals surface area (Å²) in [5.41, 5.74) is 3.06. The van der Waals surface area contributed by atoms with Crippen LogP contribution in [0.1, 0.15) is 5.56 Å². The number of nitrogens with one attached hydrogen (secondary N) is 2. The zero-order valence-electron chi connectivity index (χ0n) is 14.2. The summed E-state index contributed by atoms with van der Waals surface area (Å²) in [6, 6.07) is 17.9. The third kappa shape index (κ3) is 3.49. The highest BCUT2D eigenvalue weighted by Crippen LogP contribution is 2.17. The van der Waals surface area contributed by atoms with E-state index in [0.29, 0.717) is 25.6 Å². The molecule has 1 aromatic heterocycles. The van der Waals surface area contributed by atoms with Crippen molar-refractivity contribution in [1.82, 2.24) is 25.5 Å². The number of hydrogen-bond acceptors (Lipinski definition) is 6. The zero-order valence-corrected chi connectivity index (χ0v) is 14.2. The Kier molecular flexibility index (Phi) is 4.46. The Morgan fingerprint density at radius 1 is 1.04 bits per heavy atom. The molecule has 8 nitrogen and oxygen atoms in total. The Balaban J connectivity index is 1.41. The lowest BCUT2D eigenvalue weighted by molar-refractivity contribution is -0.120. The van der Waals surface area contributed by atoms with E-state index in [1.165, 1.54) is 0 Å². The van der Waals surface area contributed by atoms with Gasteiger partial charge in [0.25, 0.3) is 0 Å². The van der Waals surface area contributed by atoms with Gasteiger partial charge in [-0.1, -0.05) is 35.4 Å². The molecule has 1 amide bonds. The van der Waals surface area contributed by atoms with E-state index in [9.17, 15) is 4.79 Å². The maximum atomic E-state index is 11.5. The number of benzene rings is 2. The number of rotatable bonds is 5. The van der Waals surface area contributed by atoms with Crippen LogP contribution in [0.4, 0.5) is 11.6 Å². The molecule has 0 saturated carbocycles. The number of amides is 1. The van der Waals surface area contributed by atoms with Gasteiger partial charge in [0.15, 0.2) is 0 Å². The third-order valence-electron chi connectivity index (χ3n) is 4.26. The molecule has 0 aliphatic carbocycles. The largest absolute Gasteiger partial charge is 0.360 e. The van der Waals surface area contributed by atoms with E-state index in [-0.39, 0.29) is 5.91 Å². The van der Waals surface area contributed by atoms with Crippen molar-refractivity contribution < 1.29 is 4.79 Å². The van der Waals surface area contributed by atoms with E-state index < -0.39 is 0 Å². The lowest BCUT2D eigenvalue weighted by atomic mass is 10.2. The van der Waals surface area contributed by atoms with Gasteiger partial charge in [-0.15, -0.1) is 0 Å². The summed E-state index contributed by atoms with van der Waals surface area (Å²) in [4.78, 5) is 13.6. The number of tetrazole rings is 1. The van der Waals surface area contributed by atoms with Gasteiger partial charge in [0, 0.05) is 25.3 Å². The highest BCUT2D eigenvalue weighted by atomic mass is 16.2. The first kappa shape index (κ1) is 16.1. The molecule has 1 fully saturated rings. The van der Waals surface area contributed by atoms with Crippen LogP contribution in [0, 0.1) is 0 Å².